The fourth-order valence-corrected chi connectivity index (χ4v) is 4.58. The fourth-order valence-electron chi connectivity index (χ4n) is 4.58. The Morgan fingerprint density at radius 1 is 1.07 bits per heavy atom. The van der Waals surface area contributed by atoms with E-state index in [4.69, 9.17) is 9.47 Å². The summed E-state index contributed by atoms with van der Waals surface area (Å²) < 4.78 is 11.6. The fraction of sp³-hybridized carbons (Fsp3) is 0.455. The molecule has 0 N–H and O–H groups in total. The number of pyridine rings is 1. The summed E-state index contributed by atoms with van der Waals surface area (Å²) in [4.78, 5) is 19.6. The molecule has 0 bridgehead atoms. The minimum Gasteiger partial charge on any atom is -0.493 e. The molecule has 5 heteroatoms. The molecule has 2 aromatic rings. The first-order valence-electron chi connectivity index (χ1n) is 9.93. The minimum atomic E-state index is 0.0713. The Labute approximate surface area is 159 Å². The number of hydrogen-bond donors (Lipinski definition) is 0. The zero-order valence-electron chi connectivity index (χ0n) is 15.4. The highest BCUT2D eigenvalue weighted by Gasteiger charge is 2.37. The van der Waals surface area contributed by atoms with Gasteiger partial charge in [0.05, 0.1) is 30.9 Å². The standard InChI is InChI=1S/C22H24N2O3/c25-22(24-8-10-27-20-4-2-1-3-19(20)24)18-11-17(13-23-14-18)16-6-5-15-7-9-26-21(15)12-16/h5-6,11-14,19-20H,1-4,7-10H2. The highest BCUT2D eigenvalue weighted by molar-refractivity contribution is 5.95. The van der Waals surface area contributed by atoms with Crippen molar-refractivity contribution in [3.05, 3.63) is 47.8 Å². The van der Waals surface area contributed by atoms with Gasteiger partial charge in [-0.2, -0.15) is 0 Å². The third kappa shape index (κ3) is 3.10. The molecule has 1 aromatic carbocycles. The second-order valence-corrected chi connectivity index (χ2v) is 7.64. The molecule has 27 heavy (non-hydrogen) atoms. The molecule has 0 radical (unpaired) electrons. The quantitative estimate of drug-likeness (QED) is 0.819. The Hall–Kier alpha value is -2.40. The minimum absolute atomic E-state index is 0.0713. The predicted octanol–water partition coefficient (Wildman–Crippen LogP) is 3.47. The Bertz CT molecular complexity index is 864. The number of amides is 1. The van der Waals surface area contributed by atoms with Crippen molar-refractivity contribution >= 4 is 5.91 Å². The molecule has 3 heterocycles. The summed E-state index contributed by atoms with van der Waals surface area (Å²) in [5, 5.41) is 0. The molecule has 3 aliphatic rings. The molecule has 5 nitrogen and oxygen atoms in total. The van der Waals surface area contributed by atoms with Gasteiger partial charge in [-0.3, -0.25) is 9.78 Å². The third-order valence-electron chi connectivity index (χ3n) is 6.01. The van der Waals surface area contributed by atoms with Crippen LogP contribution in [0.2, 0.25) is 0 Å². The van der Waals surface area contributed by atoms with Crippen molar-refractivity contribution in [2.24, 2.45) is 0 Å². The van der Waals surface area contributed by atoms with E-state index in [1.54, 1.807) is 6.20 Å². The highest BCUT2D eigenvalue weighted by Crippen LogP contribution is 2.32. The van der Waals surface area contributed by atoms with Gasteiger partial charge in [-0.25, -0.2) is 0 Å². The normalized spacial score (nSPS) is 24.1. The number of benzene rings is 1. The molecule has 2 atom stereocenters. The summed E-state index contributed by atoms with van der Waals surface area (Å²) in [5.41, 5.74) is 3.89. The zero-order valence-corrected chi connectivity index (χ0v) is 15.4. The van der Waals surface area contributed by atoms with Crippen molar-refractivity contribution < 1.29 is 14.3 Å². The largest absolute Gasteiger partial charge is 0.493 e. The molecular formula is C22H24N2O3. The van der Waals surface area contributed by atoms with E-state index in [1.807, 2.05) is 17.2 Å². The molecule has 2 fully saturated rings. The summed E-state index contributed by atoms with van der Waals surface area (Å²) in [6.07, 6.45) is 9.11. The topological polar surface area (TPSA) is 51.7 Å². The van der Waals surface area contributed by atoms with E-state index in [9.17, 15) is 4.79 Å². The third-order valence-corrected chi connectivity index (χ3v) is 6.01. The van der Waals surface area contributed by atoms with Gasteiger partial charge in [0.25, 0.3) is 5.91 Å². The zero-order chi connectivity index (χ0) is 18.2. The van der Waals surface area contributed by atoms with Crippen LogP contribution in [0.15, 0.2) is 36.7 Å². The van der Waals surface area contributed by atoms with Gasteiger partial charge in [0.1, 0.15) is 5.75 Å². The Balaban J connectivity index is 1.42. The van der Waals surface area contributed by atoms with Crippen LogP contribution in [0, 0.1) is 0 Å². The summed E-state index contributed by atoms with van der Waals surface area (Å²) >= 11 is 0. The van der Waals surface area contributed by atoms with Crippen LogP contribution in [0.25, 0.3) is 11.1 Å². The van der Waals surface area contributed by atoms with Gasteiger partial charge in [-0.1, -0.05) is 25.0 Å². The first-order valence-corrected chi connectivity index (χ1v) is 9.93. The lowest BCUT2D eigenvalue weighted by Crippen LogP contribution is -2.54. The van der Waals surface area contributed by atoms with E-state index in [2.05, 4.69) is 23.2 Å². The molecule has 0 spiro atoms. The van der Waals surface area contributed by atoms with Crippen LogP contribution in [0.3, 0.4) is 0 Å². The van der Waals surface area contributed by atoms with Crippen LogP contribution in [-0.4, -0.2) is 47.7 Å². The van der Waals surface area contributed by atoms with Crippen molar-refractivity contribution in [3.63, 3.8) is 0 Å². The molecule has 2 unspecified atom stereocenters. The Morgan fingerprint density at radius 2 is 2.00 bits per heavy atom. The number of aromatic nitrogens is 1. The molecule has 140 valence electrons. The Kier molecular flexibility index (Phi) is 4.32. The molecular weight excluding hydrogens is 340 g/mol. The predicted molar refractivity (Wildman–Crippen MR) is 102 cm³/mol. The molecule has 1 saturated heterocycles. The van der Waals surface area contributed by atoms with Gasteiger partial charge in [-0.15, -0.1) is 0 Å². The number of fused-ring (bicyclic) bond motifs is 2. The van der Waals surface area contributed by atoms with E-state index in [0.717, 1.165) is 42.7 Å². The second-order valence-electron chi connectivity index (χ2n) is 7.64. The van der Waals surface area contributed by atoms with E-state index in [1.165, 1.54) is 18.4 Å². The average molecular weight is 364 g/mol. The number of carbonyl (C=O) groups is 1. The number of morpholine rings is 1. The molecule has 5 rings (SSSR count). The van der Waals surface area contributed by atoms with Gasteiger partial charge in [0.2, 0.25) is 0 Å². The van der Waals surface area contributed by atoms with Crippen LogP contribution in [0.4, 0.5) is 0 Å². The summed E-state index contributed by atoms with van der Waals surface area (Å²) in [6, 6.07) is 8.42. The van der Waals surface area contributed by atoms with E-state index in [0.29, 0.717) is 18.7 Å². The Morgan fingerprint density at radius 3 is 2.96 bits per heavy atom. The lowest BCUT2D eigenvalue weighted by Gasteiger charge is -2.43. The first-order chi connectivity index (χ1) is 13.3. The summed E-state index contributed by atoms with van der Waals surface area (Å²) in [5.74, 6) is 1.02. The van der Waals surface area contributed by atoms with E-state index >= 15 is 0 Å². The van der Waals surface area contributed by atoms with Crippen molar-refractivity contribution in [2.45, 2.75) is 44.2 Å². The van der Waals surface area contributed by atoms with E-state index in [-0.39, 0.29) is 18.1 Å². The van der Waals surface area contributed by atoms with Gasteiger partial charge >= 0.3 is 0 Å². The monoisotopic (exact) mass is 364 g/mol. The van der Waals surface area contributed by atoms with Crippen LogP contribution < -0.4 is 4.74 Å². The number of hydrogen-bond acceptors (Lipinski definition) is 4. The second kappa shape index (κ2) is 6.97. The maximum Gasteiger partial charge on any atom is 0.255 e. The van der Waals surface area contributed by atoms with Crippen molar-refractivity contribution in [1.82, 2.24) is 9.88 Å². The smallest absolute Gasteiger partial charge is 0.255 e. The van der Waals surface area contributed by atoms with Crippen molar-refractivity contribution in [2.75, 3.05) is 19.8 Å². The maximum atomic E-state index is 13.2. The van der Waals surface area contributed by atoms with Gasteiger partial charge in [0.15, 0.2) is 0 Å². The van der Waals surface area contributed by atoms with Crippen LogP contribution in [0.1, 0.15) is 41.6 Å². The highest BCUT2D eigenvalue weighted by atomic mass is 16.5. The van der Waals surface area contributed by atoms with Gasteiger partial charge in [-0.05, 0) is 36.1 Å². The van der Waals surface area contributed by atoms with Crippen LogP contribution in [0.5, 0.6) is 5.75 Å². The SMILES string of the molecule is O=C(c1cncc(-c2ccc3c(c2)OCC3)c1)N1CCOC2CCCCC21. The summed E-state index contributed by atoms with van der Waals surface area (Å²) in [7, 11) is 0. The average Bonchev–Trinajstić information content (AvgIpc) is 3.21. The van der Waals surface area contributed by atoms with Crippen molar-refractivity contribution in [3.8, 4) is 16.9 Å². The lowest BCUT2D eigenvalue weighted by atomic mass is 9.89. The van der Waals surface area contributed by atoms with E-state index < -0.39 is 0 Å². The molecule has 1 saturated carbocycles. The summed E-state index contributed by atoms with van der Waals surface area (Å²) in [6.45, 7) is 2.04. The van der Waals surface area contributed by atoms with Crippen LogP contribution in [-0.2, 0) is 11.2 Å². The van der Waals surface area contributed by atoms with Gasteiger partial charge < -0.3 is 14.4 Å². The number of carbonyl (C=O) groups excluding carboxylic acids is 1. The number of ether oxygens (including phenoxy) is 2. The van der Waals surface area contributed by atoms with Crippen molar-refractivity contribution in [1.29, 1.82) is 0 Å². The number of nitrogens with zero attached hydrogens (tertiary/aromatic N) is 2. The molecule has 1 aromatic heterocycles. The molecule has 1 aliphatic carbocycles. The lowest BCUT2D eigenvalue weighted by molar-refractivity contribution is -0.0752. The van der Waals surface area contributed by atoms with Gasteiger partial charge in [0, 0.05) is 30.9 Å². The maximum absolute atomic E-state index is 13.2. The van der Waals surface area contributed by atoms with Crippen LogP contribution >= 0.6 is 0 Å². The molecule has 2 aliphatic heterocycles. The number of rotatable bonds is 2. The molecule has 1 amide bonds. The first kappa shape index (κ1) is 16.8.